The van der Waals surface area contributed by atoms with Gasteiger partial charge >= 0.3 is 0 Å². The number of nitrogens with one attached hydrogen (secondary N) is 1. The van der Waals surface area contributed by atoms with Crippen LogP contribution in [-0.4, -0.2) is 40.3 Å². The number of carbonyl (C=O) groups is 1. The third-order valence-corrected chi connectivity index (χ3v) is 5.23. The summed E-state index contributed by atoms with van der Waals surface area (Å²) < 4.78 is 10.5. The summed E-state index contributed by atoms with van der Waals surface area (Å²) in [6.07, 6.45) is 2.78. The van der Waals surface area contributed by atoms with Gasteiger partial charge in [0.05, 0.1) is 14.2 Å². The van der Waals surface area contributed by atoms with Crippen LogP contribution in [0.3, 0.4) is 0 Å². The van der Waals surface area contributed by atoms with Crippen LogP contribution in [0.1, 0.15) is 23.2 Å². The normalized spacial score (nSPS) is 12.5. The lowest BCUT2D eigenvalue weighted by Gasteiger charge is -2.19. The summed E-state index contributed by atoms with van der Waals surface area (Å²) in [6.45, 7) is 2.50. The summed E-state index contributed by atoms with van der Waals surface area (Å²) in [6, 6.07) is 23.2. The Kier molecular flexibility index (Phi) is 8.07. The zero-order valence-corrected chi connectivity index (χ0v) is 18.4. The molecule has 1 heterocycles. The molecule has 0 aliphatic carbocycles. The molecule has 3 aromatic carbocycles. The van der Waals surface area contributed by atoms with Gasteiger partial charge in [0.25, 0.3) is 5.91 Å². The van der Waals surface area contributed by atoms with Gasteiger partial charge in [0.1, 0.15) is 0 Å². The average molecular weight is 419 g/mol. The van der Waals surface area contributed by atoms with Crippen molar-refractivity contribution in [3.63, 3.8) is 0 Å². The van der Waals surface area contributed by atoms with E-state index in [0.717, 1.165) is 16.8 Å². The van der Waals surface area contributed by atoms with Crippen molar-refractivity contribution in [3.8, 4) is 22.6 Å². The van der Waals surface area contributed by atoms with E-state index in [1.165, 1.54) is 25.9 Å². The second-order valence-electron chi connectivity index (χ2n) is 7.31. The Morgan fingerprint density at radius 1 is 0.806 bits per heavy atom. The highest BCUT2D eigenvalue weighted by Crippen LogP contribution is 2.29. The number of ether oxygens (including phenoxy) is 2. The lowest BCUT2D eigenvalue weighted by atomic mass is 10.0. The molecule has 4 rings (SSSR count). The van der Waals surface area contributed by atoms with Crippen molar-refractivity contribution in [1.82, 2.24) is 5.32 Å². The molecule has 1 N–H and O–H groups in total. The van der Waals surface area contributed by atoms with Crippen LogP contribution in [0.4, 0.5) is 5.69 Å². The quantitative estimate of drug-likeness (QED) is 0.632. The molecular weight excluding hydrogens is 388 g/mol. The van der Waals surface area contributed by atoms with Gasteiger partial charge in [-0.05, 0) is 67.4 Å². The van der Waals surface area contributed by atoms with E-state index in [1.54, 1.807) is 44.4 Å². The number of nitrogens with zero attached hydrogens (tertiary/aromatic N) is 1. The van der Waals surface area contributed by atoms with Crippen LogP contribution in [0.25, 0.3) is 11.1 Å². The van der Waals surface area contributed by atoms with E-state index in [4.69, 9.17) is 9.47 Å². The Hall–Kier alpha value is -3.31. The topological polar surface area (TPSA) is 50.8 Å². The zero-order valence-electron chi connectivity index (χ0n) is 18.4. The summed E-state index contributed by atoms with van der Waals surface area (Å²) >= 11 is 0. The van der Waals surface area contributed by atoms with Crippen molar-refractivity contribution >= 4 is 11.6 Å². The molecule has 0 bridgehead atoms. The summed E-state index contributed by atoms with van der Waals surface area (Å²) in [7, 11) is 4.89. The second-order valence-corrected chi connectivity index (χ2v) is 7.31. The van der Waals surface area contributed by atoms with Crippen LogP contribution in [0.15, 0.2) is 72.8 Å². The maximum Gasteiger partial charge on any atom is 0.258 e. The largest absolute Gasteiger partial charge is 0.493 e. The van der Waals surface area contributed by atoms with Crippen LogP contribution < -0.4 is 19.7 Å². The Morgan fingerprint density at radius 3 is 2.10 bits per heavy atom. The van der Waals surface area contributed by atoms with E-state index in [0.29, 0.717) is 17.1 Å². The summed E-state index contributed by atoms with van der Waals surface area (Å²) in [4.78, 5) is 14.5. The molecule has 1 saturated heterocycles. The number of rotatable bonds is 5. The first kappa shape index (κ1) is 22.4. The maximum absolute atomic E-state index is 12.9. The molecule has 1 aliphatic heterocycles. The fourth-order valence-electron chi connectivity index (χ4n) is 3.43. The van der Waals surface area contributed by atoms with Gasteiger partial charge in [-0.2, -0.15) is 0 Å². The van der Waals surface area contributed by atoms with Crippen molar-refractivity contribution in [2.75, 3.05) is 39.3 Å². The summed E-state index contributed by atoms with van der Waals surface area (Å²) in [5, 5.41) is 3.22. The fourth-order valence-corrected chi connectivity index (χ4v) is 3.43. The van der Waals surface area contributed by atoms with Gasteiger partial charge in [-0.25, -0.2) is 0 Å². The highest BCUT2D eigenvalue weighted by molar-refractivity contribution is 6.06. The van der Waals surface area contributed by atoms with Gasteiger partial charge in [-0.1, -0.05) is 42.5 Å². The van der Waals surface area contributed by atoms with Gasteiger partial charge in [-0.3, -0.25) is 4.79 Å². The third-order valence-electron chi connectivity index (χ3n) is 5.23. The van der Waals surface area contributed by atoms with Crippen molar-refractivity contribution < 1.29 is 14.3 Å². The van der Waals surface area contributed by atoms with E-state index < -0.39 is 0 Å². The predicted octanol–water partition coefficient (Wildman–Crippen LogP) is 5.02. The molecule has 3 aromatic rings. The van der Waals surface area contributed by atoms with E-state index >= 15 is 0 Å². The Balaban J connectivity index is 0.000000478. The lowest BCUT2D eigenvalue weighted by molar-refractivity contribution is 0.0992. The van der Waals surface area contributed by atoms with Crippen LogP contribution >= 0.6 is 0 Å². The number of hydrogen-bond acceptors (Lipinski definition) is 4. The molecule has 0 saturated carbocycles. The minimum Gasteiger partial charge on any atom is -0.493 e. The molecule has 0 radical (unpaired) electrons. The maximum atomic E-state index is 12.9. The Labute approximate surface area is 184 Å². The molecule has 0 atom stereocenters. The lowest BCUT2D eigenvalue weighted by Crippen LogP contribution is -2.26. The first-order chi connectivity index (χ1) is 15.1. The van der Waals surface area contributed by atoms with E-state index in [2.05, 4.69) is 17.4 Å². The van der Waals surface area contributed by atoms with Crippen LogP contribution in [-0.2, 0) is 0 Å². The molecule has 0 aromatic heterocycles. The fraction of sp³-hybridized carbons (Fsp3) is 0.269. The Morgan fingerprint density at radius 2 is 1.48 bits per heavy atom. The molecule has 162 valence electrons. The molecule has 1 aliphatic rings. The van der Waals surface area contributed by atoms with Gasteiger partial charge < -0.3 is 19.7 Å². The second kappa shape index (κ2) is 11.2. The monoisotopic (exact) mass is 418 g/mol. The molecular formula is C26H30N2O3. The summed E-state index contributed by atoms with van der Waals surface area (Å²) in [5.74, 6) is 1.01. The highest BCUT2D eigenvalue weighted by Gasteiger charge is 2.16. The van der Waals surface area contributed by atoms with Crippen molar-refractivity contribution in [1.29, 1.82) is 0 Å². The van der Waals surface area contributed by atoms with Gasteiger partial charge in [0, 0.05) is 18.3 Å². The molecule has 0 spiro atoms. The molecule has 5 nitrogen and oxygen atoms in total. The van der Waals surface area contributed by atoms with Crippen LogP contribution in [0, 0.1) is 0 Å². The van der Waals surface area contributed by atoms with E-state index in [1.807, 2.05) is 42.5 Å². The minimum absolute atomic E-state index is 0.115. The molecule has 0 unspecified atom stereocenters. The van der Waals surface area contributed by atoms with Crippen molar-refractivity contribution in [2.45, 2.75) is 12.8 Å². The highest BCUT2D eigenvalue weighted by atomic mass is 16.5. The van der Waals surface area contributed by atoms with Crippen LogP contribution in [0.5, 0.6) is 11.5 Å². The standard InChI is InChI=1S/C22H21NO3.C4H9N/c1-23(22(24)18-12-13-20(25-2)21(15-18)26-3)19-11-7-10-17(14-19)16-8-5-4-6-9-16;1-2-4-5-3-1/h4-15H,1-3H3;5H,1-4H2. The number of carbonyl (C=O) groups excluding carboxylic acids is 1. The number of methoxy groups -OCH3 is 2. The van der Waals surface area contributed by atoms with Crippen LogP contribution in [0.2, 0.25) is 0 Å². The first-order valence-electron chi connectivity index (χ1n) is 10.5. The van der Waals surface area contributed by atoms with Crippen molar-refractivity contribution in [3.05, 3.63) is 78.4 Å². The SMILES string of the molecule is C1CCNC1.COc1ccc(C(=O)N(C)c2cccc(-c3ccccc3)c2)cc1OC. The van der Waals surface area contributed by atoms with Gasteiger partial charge in [0.15, 0.2) is 11.5 Å². The Bertz CT molecular complexity index is 977. The van der Waals surface area contributed by atoms with E-state index in [-0.39, 0.29) is 5.91 Å². The summed E-state index contributed by atoms with van der Waals surface area (Å²) in [5.41, 5.74) is 3.54. The number of benzene rings is 3. The number of amides is 1. The van der Waals surface area contributed by atoms with Gasteiger partial charge in [-0.15, -0.1) is 0 Å². The molecule has 1 fully saturated rings. The van der Waals surface area contributed by atoms with Gasteiger partial charge in [0.2, 0.25) is 0 Å². The first-order valence-corrected chi connectivity index (χ1v) is 10.5. The van der Waals surface area contributed by atoms with E-state index in [9.17, 15) is 4.79 Å². The molecule has 1 amide bonds. The molecule has 31 heavy (non-hydrogen) atoms. The zero-order chi connectivity index (χ0) is 22.1. The minimum atomic E-state index is -0.115. The predicted molar refractivity (Wildman–Crippen MR) is 126 cm³/mol. The number of hydrogen-bond donors (Lipinski definition) is 1. The average Bonchev–Trinajstić information content (AvgIpc) is 3.43. The third kappa shape index (κ3) is 5.86. The number of anilines is 1. The smallest absolute Gasteiger partial charge is 0.258 e. The molecule has 5 heteroatoms. The van der Waals surface area contributed by atoms with Crippen molar-refractivity contribution in [2.24, 2.45) is 0 Å².